The van der Waals surface area contributed by atoms with E-state index in [4.69, 9.17) is 0 Å². The average Bonchev–Trinajstić information content (AvgIpc) is 2.95. The number of carbonyl (C=O) groups excluding carboxylic acids is 6. The number of hydrogen-bond acceptors (Lipinski definition) is 9. The van der Waals surface area contributed by atoms with Crippen LogP contribution in [-0.2, 0) is 28.8 Å². The summed E-state index contributed by atoms with van der Waals surface area (Å²) >= 11 is 7.98. The van der Waals surface area contributed by atoms with Gasteiger partial charge in [-0.2, -0.15) is 25.3 Å². The summed E-state index contributed by atoms with van der Waals surface area (Å²) in [5.74, 6) is -3.18. The summed E-state index contributed by atoms with van der Waals surface area (Å²) in [5, 5.41) is 14.4. The van der Waals surface area contributed by atoms with Crippen molar-refractivity contribution >= 4 is 60.6 Å². The highest BCUT2D eigenvalue weighted by molar-refractivity contribution is 7.80. The Hall–Kier alpha value is -2.32. The van der Waals surface area contributed by atoms with E-state index in [1.54, 1.807) is 7.05 Å². The molecule has 6 N–H and O–H groups in total. The minimum atomic E-state index is -1.05. The Morgan fingerprint density at radius 1 is 0.553 bits per heavy atom. The Morgan fingerprint density at radius 3 is 1.21 bits per heavy atom. The van der Waals surface area contributed by atoms with Crippen molar-refractivity contribution < 1.29 is 28.8 Å². The van der Waals surface area contributed by atoms with Crippen molar-refractivity contribution in [1.82, 2.24) is 31.9 Å². The lowest BCUT2D eigenvalue weighted by Gasteiger charge is -2.18. The third-order valence-corrected chi connectivity index (χ3v) is 4.12. The highest BCUT2D eigenvalue weighted by Gasteiger charge is 2.22. The van der Waals surface area contributed by atoms with Gasteiger partial charge in [-0.3, -0.25) is 28.8 Å². The van der Waals surface area contributed by atoms with E-state index in [-0.39, 0.29) is 36.9 Å². The number of thiol groups is 2. The van der Waals surface area contributed by atoms with Gasteiger partial charge in [0.05, 0.1) is 26.2 Å². The first kappa shape index (κ1) is 45.6. The first-order valence-corrected chi connectivity index (χ1v) is 14.2. The number of nitrogens with one attached hydrogen (secondary N) is 6. The maximum Gasteiger partial charge on any atom is 0.243 e. The molecule has 0 aromatic rings. The summed E-state index contributed by atoms with van der Waals surface area (Å²) in [6.07, 6.45) is 0. The molecule has 0 aliphatic carbocycles. The van der Waals surface area contributed by atoms with Crippen LogP contribution in [0.15, 0.2) is 0 Å². The van der Waals surface area contributed by atoms with Crippen molar-refractivity contribution in [3.05, 3.63) is 0 Å². The molecule has 0 fully saturated rings. The molecule has 38 heavy (non-hydrogen) atoms. The zero-order chi connectivity index (χ0) is 31.1. The average molecular weight is 585 g/mol. The van der Waals surface area contributed by atoms with Crippen LogP contribution in [0.3, 0.4) is 0 Å². The van der Waals surface area contributed by atoms with Crippen molar-refractivity contribution in [2.45, 2.75) is 74.4 Å². The molecule has 0 aliphatic heterocycles. The predicted molar refractivity (Wildman–Crippen MR) is 161 cm³/mol. The van der Waals surface area contributed by atoms with Gasteiger partial charge in [-0.15, -0.1) is 0 Å². The standard InChI is InChI=1S/C16H28N6O6S2.4C2H6/c1-9(23)3-18-12(24)5-19-15(27)11(8-30)22-14(26)6-20-16(28)10(7-29)21-13(25)4-17-2;4*1-2/h10-11,17,29-30H,3-8H2,1-2H3,(H,18,24)(H,19,27)(H,20,28)(H,21,25)(H,22,26);4*1-2H3. The molecule has 0 spiro atoms. The first-order chi connectivity index (χ1) is 18.1. The molecule has 0 aliphatic rings. The first-order valence-electron chi connectivity index (χ1n) is 12.9. The molecule has 226 valence electrons. The van der Waals surface area contributed by atoms with Crippen LogP contribution in [0.1, 0.15) is 62.3 Å². The fraction of sp³-hybridized carbons (Fsp3) is 0.750. The van der Waals surface area contributed by atoms with E-state index < -0.39 is 48.2 Å². The van der Waals surface area contributed by atoms with E-state index in [1.165, 1.54) is 6.92 Å². The summed E-state index contributed by atoms with van der Waals surface area (Å²) in [6, 6.07) is -1.98. The van der Waals surface area contributed by atoms with Gasteiger partial charge in [0, 0.05) is 11.5 Å². The smallest absolute Gasteiger partial charge is 0.243 e. The van der Waals surface area contributed by atoms with Crippen LogP contribution >= 0.6 is 25.3 Å². The topological polar surface area (TPSA) is 175 Å². The van der Waals surface area contributed by atoms with E-state index in [1.807, 2.05) is 55.4 Å². The van der Waals surface area contributed by atoms with Gasteiger partial charge >= 0.3 is 0 Å². The molecule has 0 rings (SSSR count). The van der Waals surface area contributed by atoms with Crippen molar-refractivity contribution in [1.29, 1.82) is 0 Å². The SMILES string of the molecule is CC.CC.CC.CC.CNCC(=O)NC(CS)C(=O)NCC(=O)NC(CS)C(=O)NCC(=O)NCC(C)=O. The number of ketones is 1. The Kier molecular flexibility index (Phi) is 41.6. The number of likely N-dealkylation sites (N-methyl/N-ethyl adjacent to an activating group) is 1. The summed E-state index contributed by atoms with van der Waals surface area (Å²) < 4.78 is 0. The minimum Gasteiger partial charge on any atom is -0.348 e. The molecule has 14 heteroatoms. The van der Waals surface area contributed by atoms with Gasteiger partial charge in [-0.1, -0.05) is 55.4 Å². The van der Waals surface area contributed by atoms with E-state index in [2.05, 4.69) is 57.2 Å². The molecule has 0 aromatic heterocycles. The third kappa shape index (κ3) is 28.3. The molecular formula is C24H52N6O6S2. The summed E-state index contributed by atoms with van der Waals surface area (Å²) in [6.45, 7) is 16.4. The maximum atomic E-state index is 12.1. The molecule has 2 atom stereocenters. The highest BCUT2D eigenvalue weighted by Crippen LogP contribution is 1.91. The summed E-state index contributed by atoms with van der Waals surface area (Å²) in [7, 11) is 1.58. The van der Waals surface area contributed by atoms with Crippen LogP contribution in [0.25, 0.3) is 0 Å². The zero-order valence-corrected chi connectivity index (χ0v) is 26.5. The largest absolute Gasteiger partial charge is 0.348 e. The molecule has 0 bridgehead atoms. The molecule has 0 radical (unpaired) electrons. The Labute approximate surface area is 240 Å². The summed E-state index contributed by atoms with van der Waals surface area (Å²) in [5.41, 5.74) is 0. The number of carbonyl (C=O) groups is 6. The maximum absolute atomic E-state index is 12.1. The Morgan fingerprint density at radius 2 is 0.895 bits per heavy atom. The van der Waals surface area contributed by atoms with Gasteiger partial charge in [-0.25, -0.2) is 0 Å². The molecule has 0 saturated heterocycles. The second-order valence-corrected chi connectivity index (χ2v) is 6.78. The van der Waals surface area contributed by atoms with Crippen LogP contribution in [0.2, 0.25) is 0 Å². The predicted octanol–water partition coefficient (Wildman–Crippen LogP) is 0.0774. The van der Waals surface area contributed by atoms with Crippen LogP contribution in [0.4, 0.5) is 0 Å². The van der Waals surface area contributed by atoms with Crippen molar-refractivity contribution in [2.24, 2.45) is 0 Å². The van der Waals surface area contributed by atoms with E-state index >= 15 is 0 Å². The second kappa shape index (κ2) is 34.7. The lowest BCUT2D eigenvalue weighted by Crippen LogP contribution is -2.54. The van der Waals surface area contributed by atoms with Crippen molar-refractivity contribution in [3.63, 3.8) is 0 Å². The lowest BCUT2D eigenvalue weighted by atomic mass is 10.3. The molecule has 2 unspecified atom stereocenters. The normalized spacial score (nSPS) is 10.2. The van der Waals surface area contributed by atoms with Gasteiger partial charge in [0.25, 0.3) is 0 Å². The van der Waals surface area contributed by atoms with E-state index in [0.717, 1.165) is 0 Å². The van der Waals surface area contributed by atoms with E-state index in [9.17, 15) is 28.8 Å². The van der Waals surface area contributed by atoms with Crippen LogP contribution in [0.5, 0.6) is 0 Å². The Balaban J connectivity index is -0.000000411. The van der Waals surface area contributed by atoms with Crippen LogP contribution < -0.4 is 31.9 Å². The Bertz CT molecular complexity index is 654. The molecule has 0 heterocycles. The molecule has 5 amide bonds. The van der Waals surface area contributed by atoms with E-state index in [0.29, 0.717) is 0 Å². The molecule has 12 nitrogen and oxygen atoms in total. The van der Waals surface area contributed by atoms with Crippen molar-refractivity contribution in [2.75, 3.05) is 44.7 Å². The quantitative estimate of drug-likeness (QED) is 0.133. The number of amides is 5. The van der Waals surface area contributed by atoms with Gasteiger partial charge in [0.2, 0.25) is 29.5 Å². The van der Waals surface area contributed by atoms with Gasteiger partial charge in [0.15, 0.2) is 0 Å². The van der Waals surface area contributed by atoms with Crippen molar-refractivity contribution in [3.8, 4) is 0 Å². The second-order valence-electron chi connectivity index (χ2n) is 6.05. The number of hydrogen-bond donors (Lipinski definition) is 8. The molecular weight excluding hydrogens is 532 g/mol. The van der Waals surface area contributed by atoms with Gasteiger partial charge in [-0.05, 0) is 14.0 Å². The highest BCUT2D eigenvalue weighted by atomic mass is 32.1. The fourth-order valence-electron chi connectivity index (χ4n) is 1.91. The monoisotopic (exact) mass is 584 g/mol. The molecule has 0 saturated carbocycles. The van der Waals surface area contributed by atoms with Gasteiger partial charge in [0.1, 0.15) is 17.9 Å². The third-order valence-electron chi connectivity index (χ3n) is 3.39. The number of Topliss-reactive ketones (excluding diaryl/α,β-unsaturated/α-hetero) is 1. The fourth-order valence-corrected chi connectivity index (χ4v) is 2.42. The molecule has 0 aromatic carbocycles. The minimum absolute atomic E-state index is 0.0174. The number of rotatable bonds is 14. The zero-order valence-electron chi connectivity index (χ0n) is 24.7. The van der Waals surface area contributed by atoms with Crippen LogP contribution in [-0.4, -0.2) is 92.1 Å². The van der Waals surface area contributed by atoms with Gasteiger partial charge < -0.3 is 31.9 Å². The lowest BCUT2D eigenvalue weighted by molar-refractivity contribution is -0.131. The summed E-state index contributed by atoms with van der Waals surface area (Å²) in [4.78, 5) is 69.9. The van der Waals surface area contributed by atoms with Crippen LogP contribution in [0, 0.1) is 0 Å².